The monoisotopic (exact) mass is 257 g/mol. The van der Waals surface area contributed by atoms with Gasteiger partial charge >= 0.3 is 0 Å². The first-order chi connectivity index (χ1) is 6.68. The van der Waals surface area contributed by atoms with E-state index in [1.165, 1.54) is 17.1 Å². The van der Waals surface area contributed by atoms with Crippen molar-refractivity contribution in [3.8, 4) is 0 Å². The summed E-state index contributed by atoms with van der Waals surface area (Å²) in [5.74, 6) is -0.291. The molecule has 0 bridgehead atoms. The molecule has 0 unspecified atom stereocenters. The quantitative estimate of drug-likeness (QED) is 0.529. The standard InChI is InChI=1S/C10H12BrNO2/c11-7-1-3-8(4-2-7)12-9(13)5-6-10(12)14/h5-8H,1-4H2. The maximum absolute atomic E-state index is 11.4. The minimum atomic E-state index is -0.145. The summed E-state index contributed by atoms with van der Waals surface area (Å²) in [6.45, 7) is 0. The van der Waals surface area contributed by atoms with Crippen molar-refractivity contribution in [1.29, 1.82) is 0 Å². The Hall–Kier alpha value is -0.640. The number of halogens is 1. The van der Waals surface area contributed by atoms with Crippen LogP contribution in [0.5, 0.6) is 0 Å². The highest BCUT2D eigenvalue weighted by Crippen LogP contribution is 2.28. The molecule has 76 valence electrons. The highest BCUT2D eigenvalue weighted by Gasteiger charge is 2.33. The molecule has 1 saturated carbocycles. The number of carbonyl (C=O) groups excluding carboxylic acids is 2. The lowest BCUT2D eigenvalue weighted by molar-refractivity contribution is -0.140. The molecular weight excluding hydrogens is 246 g/mol. The van der Waals surface area contributed by atoms with Gasteiger partial charge in [0.1, 0.15) is 0 Å². The molecule has 2 amide bonds. The van der Waals surface area contributed by atoms with Gasteiger partial charge in [0, 0.05) is 23.0 Å². The number of rotatable bonds is 1. The topological polar surface area (TPSA) is 37.4 Å². The molecule has 1 aliphatic carbocycles. The van der Waals surface area contributed by atoms with Gasteiger partial charge in [-0.15, -0.1) is 0 Å². The molecule has 2 rings (SSSR count). The van der Waals surface area contributed by atoms with E-state index in [1.807, 2.05) is 0 Å². The Bertz CT molecular complexity index is 274. The van der Waals surface area contributed by atoms with Crippen LogP contribution in [-0.2, 0) is 9.59 Å². The normalized spacial score (nSPS) is 32.8. The van der Waals surface area contributed by atoms with Gasteiger partial charge in [-0.05, 0) is 25.7 Å². The number of amides is 2. The smallest absolute Gasteiger partial charge is 0.253 e. The average Bonchev–Trinajstić information content (AvgIpc) is 2.49. The van der Waals surface area contributed by atoms with E-state index in [9.17, 15) is 9.59 Å². The first kappa shape index (κ1) is 9.90. The summed E-state index contributed by atoms with van der Waals surface area (Å²) in [6, 6.07) is 0.124. The summed E-state index contributed by atoms with van der Waals surface area (Å²) in [4.78, 5) is 24.7. The van der Waals surface area contributed by atoms with E-state index in [0.29, 0.717) is 4.83 Å². The fourth-order valence-corrected chi connectivity index (χ4v) is 2.59. The zero-order valence-electron chi connectivity index (χ0n) is 7.78. The largest absolute Gasteiger partial charge is 0.272 e. The van der Waals surface area contributed by atoms with Gasteiger partial charge in [-0.1, -0.05) is 15.9 Å². The molecule has 1 fully saturated rings. The first-order valence-corrected chi connectivity index (χ1v) is 5.79. The van der Waals surface area contributed by atoms with Gasteiger partial charge in [-0.2, -0.15) is 0 Å². The van der Waals surface area contributed by atoms with Crippen LogP contribution in [0.2, 0.25) is 0 Å². The lowest BCUT2D eigenvalue weighted by atomic mass is 9.94. The minimum Gasteiger partial charge on any atom is -0.272 e. The van der Waals surface area contributed by atoms with E-state index in [2.05, 4.69) is 15.9 Å². The molecule has 1 heterocycles. The number of hydrogen-bond donors (Lipinski definition) is 0. The van der Waals surface area contributed by atoms with Crippen LogP contribution in [0, 0.1) is 0 Å². The van der Waals surface area contributed by atoms with Crippen molar-refractivity contribution >= 4 is 27.7 Å². The summed E-state index contributed by atoms with van der Waals surface area (Å²) >= 11 is 3.55. The number of alkyl halides is 1. The Labute approximate surface area is 91.3 Å². The Morgan fingerprint density at radius 3 is 2.07 bits per heavy atom. The molecule has 0 atom stereocenters. The molecule has 0 aromatic carbocycles. The fraction of sp³-hybridized carbons (Fsp3) is 0.600. The van der Waals surface area contributed by atoms with E-state index in [4.69, 9.17) is 0 Å². The first-order valence-electron chi connectivity index (χ1n) is 4.88. The third-order valence-corrected chi connectivity index (χ3v) is 3.75. The second-order valence-corrected chi connectivity index (χ2v) is 5.08. The summed E-state index contributed by atoms with van der Waals surface area (Å²) < 4.78 is 0. The Morgan fingerprint density at radius 1 is 1.07 bits per heavy atom. The molecule has 0 aromatic heterocycles. The Balaban J connectivity index is 2.02. The van der Waals surface area contributed by atoms with Gasteiger partial charge in [0.15, 0.2) is 0 Å². The lowest BCUT2D eigenvalue weighted by Crippen LogP contribution is -2.42. The Morgan fingerprint density at radius 2 is 1.57 bits per heavy atom. The van der Waals surface area contributed by atoms with Crippen LogP contribution in [0.15, 0.2) is 12.2 Å². The van der Waals surface area contributed by atoms with Crippen LogP contribution < -0.4 is 0 Å². The van der Waals surface area contributed by atoms with Gasteiger partial charge in [0.2, 0.25) is 0 Å². The fourth-order valence-electron chi connectivity index (χ4n) is 2.07. The maximum atomic E-state index is 11.4. The summed E-state index contributed by atoms with van der Waals surface area (Å²) in [5.41, 5.74) is 0. The second kappa shape index (κ2) is 3.85. The van der Waals surface area contributed by atoms with E-state index in [1.54, 1.807) is 0 Å². The van der Waals surface area contributed by atoms with E-state index in [0.717, 1.165) is 25.7 Å². The van der Waals surface area contributed by atoms with E-state index >= 15 is 0 Å². The van der Waals surface area contributed by atoms with Crippen LogP contribution >= 0.6 is 15.9 Å². The molecule has 0 aromatic rings. The number of carbonyl (C=O) groups is 2. The van der Waals surface area contributed by atoms with Gasteiger partial charge in [0.05, 0.1) is 0 Å². The van der Waals surface area contributed by atoms with Gasteiger partial charge < -0.3 is 0 Å². The molecule has 0 radical (unpaired) electrons. The molecule has 0 N–H and O–H groups in total. The molecule has 1 aliphatic heterocycles. The van der Waals surface area contributed by atoms with Crippen LogP contribution in [0.25, 0.3) is 0 Å². The van der Waals surface area contributed by atoms with E-state index < -0.39 is 0 Å². The van der Waals surface area contributed by atoms with Crippen LogP contribution in [-0.4, -0.2) is 27.6 Å². The predicted octanol–water partition coefficient (Wildman–Crippen LogP) is 1.62. The number of nitrogens with zero attached hydrogens (tertiary/aromatic N) is 1. The number of imide groups is 1. The summed E-state index contributed by atoms with van der Waals surface area (Å²) in [5, 5.41) is 0. The van der Waals surface area contributed by atoms with Crippen molar-refractivity contribution in [2.45, 2.75) is 36.6 Å². The summed E-state index contributed by atoms with van der Waals surface area (Å²) in [7, 11) is 0. The van der Waals surface area contributed by atoms with Gasteiger partial charge in [-0.25, -0.2) is 0 Å². The average molecular weight is 258 g/mol. The SMILES string of the molecule is O=C1C=CC(=O)N1C1CCC(Br)CC1. The molecular formula is C10H12BrNO2. The van der Waals surface area contributed by atoms with Gasteiger partial charge in [0.25, 0.3) is 11.8 Å². The van der Waals surface area contributed by atoms with Crippen molar-refractivity contribution in [2.75, 3.05) is 0 Å². The highest BCUT2D eigenvalue weighted by atomic mass is 79.9. The maximum Gasteiger partial charge on any atom is 0.253 e. The van der Waals surface area contributed by atoms with Crippen LogP contribution in [0.4, 0.5) is 0 Å². The molecule has 4 heteroatoms. The third kappa shape index (κ3) is 1.75. The second-order valence-electron chi connectivity index (χ2n) is 3.79. The van der Waals surface area contributed by atoms with Crippen molar-refractivity contribution in [3.05, 3.63) is 12.2 Å². The van der Waals surface area contributed by atoms with Crippen LogP contribution in [0.3, 0.4) is 0 Å². The third-order valence-electron chi connectivity index (χ3n) is 2.83. The predicted molar refractivity (Wildman–Crippen MR) is 56.0 cm³/mol. The zero-order chi connectivity index (χ0) is 10.1. The van der Waals surface area contributed by atoms with Crippen molar-refractivity contribution in [2.24, 2.45) is 0 Å². The Kier molecular flexibility index (Phi) is 2.72. The lowest BCUT2D eigenvalue weighted by Gasteiger charge is -2.31. The zero-order valence-corrected chi connectivity index (χ0v) is 9.37. The van der Waals surface area contributed by atoms with Crippen molar-refractivity contribution in [3.63, 3.8) is 0 Å². The molecule has 2 aliphatic rings. The van der Waals surface area contributed by atoms with Crippen molar-refractivity contribution < 1.29 is 9.59 Å². The molecule has 0 spiro atoms. The minimum absolute atomic E-state index is 0.124. The van der Waals surface area contributed by atoms with E-state index in [-0.39, 0.29) is 17.9 Å². The van der Waals surface area contributed by atoms with Crippen LogP contribution in [0.1, 0.15) is 25.7 Å². The molecule has 3 nitrogen and oxygen atoms in total. The molecule has 14 heavy (non-hydrogen) atoms. The highest BCUT2D eigenvalue weighted by molar-refractivity contribution is 9.09. The number of hydrogen-bond acceptors (Lipinski definition) is 2. The summed E-state index contributed by atoms with van der Waals surface area (Å²) in [6.07, 6.45) is 6.67. The van der Waals surface area contributed by atoms with Crippen molar-refractivity contribution in [1.82, 2.24) is 4.90 Å². The molecule has 0 saturated heterocycles. The van der Waals surface area contributed by atoms with Gasteiger partial charge in [-0.3, -0.25) is 14.5 Å².